The second-order valence-corrected chi connectivity index (χ2v) is 10.00. The first-order valence-electron chi connectivity index (χ1n) is 11.7. The van der Waals surface area contributed by atoms with Crippen LogP contribution in [0.25, 0.3) is 10.9 Å². The molecule has 1 unspecified atom stereocenters. The fourth-order valence-corrected chi connectivity index (χ4v) is 4.29. The summed E-state index contributed by atoms with van der Waals surface area (Å²) in [4.78, 5) is 5.63. The number of fused-ring (bicyclic) bond motifs is 1. The van der Waals surface area contributed by atoms with Crippen LogP contribution in [-0.4, -0.2) is 53.9 Å². The summed E-state index contributed by atoms with van der Waals surface area (Å²) < 4.78 is 12.0. The molecule has 2 N–H and O–H groups in total. The highest BCUT2D eigenvalue weighted by Crippen LogP contribution is 2.33. The van der Waals surface area contributed by atoms with Crippen molar-refractivity contribution in [3.8, 4) is 11.5 Å². The lowest BCUT2D eigenvalue weighted by atomic mass is 9.86. The number of nitrogens with zero attached hydrogens (tertiary/aromatic N) is 1. The molecular weight excluding hydrogens is 400 g/mol. The highest BCUT2D eigenvalue weighted by atomic mass is 16.5. The van der Waals surface area contributed by atoms with Gasteiger partial charge in [-0.25, -0.2) is 0 Å². The summed E-state index contributed by atoms with van der Waals surface area (Å²) in [5, 5.41) is 11.7. The van der Waals surface area contributed by atoms with Crippen LogP contribution in [0, 0.1) is 5.92 Å². The van der Waals surface area contributed by atoms with Crippen LogP contribution in [0.2, 0.25) is 0 Å². The number of para-hydroxylation sites is 1. The Labute approximate surface area is 191 Å². The van der Waals surface area contributed by atoms with Crippen molar-refractivity contribution in [3.05, 3.63) is 60.3 Å². The van der Waals surface area contributed by atoms with Gasteiger partial charge >= 0.3 is 0 Å². The van der Waals surface area contributed by atoms with Crippen molar-refractivity contribution in [2.45, 2.75) is 45.1 Å². The second kappa shape index (κ2) is 9.97. The van der Waals surface area contributed by atoms with Gasteiger partial charge in [-0.15, -0.1) is 0 Å². The molecule has 3 aromatic rings. The Morgan fingerprint density at radius 1 is 1.06 bits per heavy atom. The third-order valence-electron chi connectivity index (χ3n) is 6.33. The number of aromatic amines is 1. The molecule has 0 aliphatic carbocycles. The molecule has 0 radical (unpaired) electrons. The molecule has 1 aliphatic heterocycles. The Bertz CT molecular complexity index is 985. The van der Waals surface area contributed by atoms with E-state index in [4.69, 9.17) is 9.47 Å². The molecule has 1 aromatic heterocycles. The maximum absolute atomic E-state index is 10.6. The minimum atomic E-state index is -0.514. The Morgan fingerprint density at radius 3 is 2.53 bits per heavy atom. The van der Waals surface area contributed by atoms with Crippen LogP contribution in [0.4, 0.5) is 0 Å². The van der Waals surface area contributed by atoms with E-state index in [-0.39, 0.29) is 5.41 Å². The summed E-state index contributed by atoms with van der Waals surface area (Å²) in [6.07, 6.45) is 3.61. The molecule has 4 rings (SSSR count). The molecule has 0 bridgehead atoms. The summed E-state index contributed by atoms with van der Waals surface area (Å²) >= 11 is 0. The molecular formula is C27H36N2O3. The van der Waals surface area contributed by atoms with E-state index in [2.05, 4.69) is 42.8 Å². The van der Waals surface area contributed by atoms with Crippen LogP contribution in [0.3, 0.4) is 0 Å². The Morgan fingerprint density at radius 2 is 1.81 bits per heavy atom. The second-order valence-electron chi connectivity index (χ2n) is 10.00. The summed E-state index contributed by atoms with van der Waals surface area (Å²) in [6.45, 7) is 10.3. The lowest BCUT2D eigenvalue weighted by molar-refractivity contribution is 0.0507. The maximum atomic E-state index is 10.6. The van der Waals surface area contributed by atoms with Crippen molar-refractivity contribution in [3.63, 3.8) is 0 Å². The number of aliphatic hydroxyl groups is 1. The molecule has 2 aromatic carbocycles. The Hall–Kier alpha value is -2.50. The molecule has 1 atom stereocenters. The Kier molecular flexibility index (Phi) is 7.07. The highest BCUT2D eigenvalue weighted by Gasteiger charge is 2.22. The smallest absolute Gasteiger partial charge is 0.129 e. The number of hydrogen-bond donors (Lipinski definition) is 2. The van der Waals surface area contributed by atoms with Gasteiger partial charge in [-0.05, 0) is 73.2 Å². The Balaban J connectivity index is 1.24. The van der Waals surface area contributed by atoms with Gasteiger partial charge in [0.05, 0.1) is 6.61 Å². The van der Waals surface area contributed by atoms with E-state index in [1.165, 1.54) is 5.56 Å². The molecule has 1 saturated heterocycles. The van der Waals surface area contributed by atoms with E-state index in [0.29, 0.717) is 19.1 Å². The van der Waals surface area contributed by atoms with Gasteiger partial charge in [0, 0.05) is 23.6 Å². The van der Waals surface area contributed by atoms with Gasteiger partial charge in [0.15, 0.2) is 0 Å². The van der Waals surface area contributed by atoms with Crippen LogP contribution in [0.1, 0.15) is 39.2 Å². The number of β-amino-alcohol motifs (C(OH)–C–C–N with tert-alkyl or cyclic N) is 1. The number of rotatable bonds is 8. The predicted octanol–water partition coefficient (Wildman–Crippen LogP) is 5.00. The van der Waals surface area contributed by atoms with Gasteiger partial charge in [0.25, 0.3) is 0 Å². The summed E-state index contributed by atoms with van der Waals surface area (Å²) in [7, 11) is 0. The van der Waals surface area contributed by atoms with Crippen molar-refractivity contribution in [1.82, 2.24) is 9.88 Å². The molecule has 1 aliphatic rings. The number of H-pyrrole nitrogens is 1. The number of aliphatic hydroxyl groups excluding tert-OH is 1. The fraction of sp³-hybridized carbons (Fsp3) is 0.481. The molecule has 2 heterocycles. The molecule has 0 spiro atoms. The summed E-state index contributed by atoms with van der Waals surface area (Å²) in [5.74, 6) is 2.35. The number of ether oxygens (including phenoxy) is 2. The van der Waals surface area contributed by atoms with E-state index >= 15 is 0 Å². The van der Waals surface area contributed by atoms with E-state index in [9.17, 15) is 5.11 Å². The highest BCUT2D eigenvalue weighted by molar-refractivity contribution is 5.86. The van der Waals surface area contributed by atoms with Crippen molar-refractivity contribution >= 4 is 10.9 Å². The number of piperidine rings is 1. The molecule has 5 nitrogen and oxygen atoms in total. The van der Waals surface area contributed by atoms with Crippen molar-refractivity contribution in [2.75, 3.05) is 32.8 Å². The number of nitrogens with one attached hydrogen (secondary N) is 1. The number of aromatic nitrogens is 1. The summed E-state index contributed by atoms with van der Waals surface area (Å²) in [5.41, 5.74) is 2.32. The third kappa shape index (κ3) is 5.84. The average Bonchev–Trinajstić information content (AvgIpc) is 3.26. The maximum Gasteiger partial charge on any atom is 0.129 e. The number of likely N-dealkylation sites (tertiary alicyclic amines) is 1. The SMILES string of the molecule is CC(C)(C)c1cc(OCC(O)CN2CCC(COc3ccccc3)CC2)c2cc[nH]c2c1. The molecule has 0 saturated carbocycles. The van der Waals surface area contributed by atoms with E-state index in [1.54, 1.807) is 0 Å². The first-order chi connectivity index (χ1) is 15.4. The van der Waals surface area contributed by atoms with Gasteiger partial charge < -0.3 is 24.5 Å². The van der Waals surface area contributed by atoms with Gasteiger partial charge in [-0.3, -0.25) is 0 Å². The minimum absolute atomic E-state index is 0.0323. The lowest BCUT2D eigenvalue weighted by Gasteiger charge is -2.33. The van der Waals surface area contributed by atoms with Gasteiger partial charge in [-0.1, -0.05) is 39.0 Å². The molecule has 0 amide bonds. The first-order valence-corrected chi connectivity index (χ1v) is 11.7. The minimum Gasteiger partial charge on any atom is -0.493 e. The average molecular weight is 437 g/mol. The fourth-order valence-electron chi connectivity index (χ4n) is 4.29. The van der Waals surface area contributed by atoms with Crippen LogP contribution < -0.4 is 9.47 Å². The number of benzene rings is 2. The predicted molar refractivity (Wildman–Crippen MR) is 130 cm³/mol. The zero-order valence-corrected chi connectivity index (χ0v) is 19.5. The molecule has 172 valence electrons. The van der Waals surface area contributed by atoms with Gasteiger partial charge in [-0.2, -0.15) is 0 Å². The molecule has 1 fully saturated rings. The molecule has 5 heteroatoms. The van der Waals surface area contributed by atoms with Crippen LogP contribution >= 0.6 is 0 Å². The third-order valence-corrected chi connectivity index (χ3v) is 6.33. The quantitative estimate of drug-likeness (QED) is 0.522. The normalized spacial score (nSPS) is 16.9. The van der Waals surface area contributed by atoms with E-state index in [1.807, 2.05) is 42.6 Å². The van der Waals surface area contributed by atoms with Crippen LogP contribution in [0.5, 0.6) is 11.5 Å². The lowest BCUT2D eigenvalue weighted by Crippen LogP contribution is -2.41. The largest absolute Gasteiger partial charge is 0.493 e. The van der Waals surface area contributed by atoms with E-state index in [0.717, 1.165) is 54.9 Å². The van der Waals surface area contributed by atoms with Crippen molar-refractivity contribution < 1.29 is 14.6 Å². The summed E-state index contributed by atoms with van der Waals surface area (Å²) in [6, 6.07) is 16.3. The molecule has 32 heavy (non-hydrogen) atoms. The van der Waals surface area contributed by atoms with Crippen LogP contribution in [0.15, 0.2) is 54.7 Å². The van der Waals surface area contributed by atoms with Gasteiger partial charge in [0.2, 0.25) is 0 Å². The first kappa shape index (κ1) is 22.7. The monoisotopic (exact) mass is 436 g/mol. The van der Waals surface area contributed by atoms with E-state index < -0.39 is 6.10 Å². The van der Waals surface area contributed by atoms with Crippen molar-refractivity contribution in [1.29, 1.82) is 0 Å². The standard InChI is InChI=1S/C27H36N2O3/c1-27(2,3)21-15-25-24(9-12-28-25)26(16-21)32-19-22(30)17-29-13-10-20(11-14-29)18-31-23-7-5-4-6-8-23/h4-9,12,15-16,20,22,28,30H,10-11,13-14,17-19H2,1-3H3. The zero-order chi connectivity index (χ0) is 22.6. The zero-order valence-electron chi connectivity index (χ0n) is 19.5. The van der Waals surface area contributed by atoms with Crippen LogP contribution in [-0.2, 0) is 5.41 Å². The van der Waals surface area contributed by atoms with Gasteiger partial charge in [0.1, 0.15) is 24.2 Å². The van der Waals surface area contributed by atoms with Crippen molar-refractivity contribution in [2.24, 2.45) is 5.92 Å². The topological polar surface area (TPSA) is 57.7 Å². The number of hydrogen-bond acceptors (Lipinski definition) is 4.